The minimum absolute atomic E-state index is 0.0812. The highest BCUT2D eigenvalue weighted by molar-refractivity contribution is 5.99. The predicted molar refractivity (Wildman–Crippen MR) is 135 cm³/mol. The Hall–Kier alpha value is -3.45. The minimum atomic E-state index is -0.275. The van der Waals surface area contributed by atoms with Gasteiger partial charge in [0, 0.05) is 43.1 Å². The molecule has 2 aromatic carbocycles. The lowest BCUT2D eigenvalue weighted by Gasteiger charge is -2.32. The molecule has 4 rings (SSSR count). The molecule has 2 amide bonds. The fourth-order valence-corrected chi connectivity index (χ4v) is 3.75. The monoisotopic (exact) mass is 444 g/mol. The van der Waals surface area contributed by atoms with Crippen molar-refractivity contribution >= 4 is 23.2 Å². The summed E-state index contributed by atoms with van der Waals surface area (Å²) >= 11 is 0. The van der Waals surface area contributed by atoms with Gasteiger partial charge in [-0.05, 0) is 54.4 Å². The van der Waals surface area contributed by atoms with Crippen molar-refractivity contribution in [1.29, 1.82) is 0 Å². The van der Waals surface area contributed by atoms with E-state index in [0.717, 1.165) is 48.9 Å². The van der Waals surface area contributed by atoms with Crippen molar-refractivity contribution in [3.63, 3.8) is 0 Å². The number of hydrogen-bond donors (Lipinski definition) is 2. The molecule has 1 aromatic heterocycles. The molecule has 0 atom stereocenters. The lowest BCUT2D eigenvalue weighted by molar-refractivity contribution is 0.262. The highest BCUT2D eigenvalue weighted by Gasteiger charge is 2.16. The molecule has 7 nitrogen and oxygen atoms in total. The second-order valence-electron chi connectivity index (χ2n) is 9.55. The van der Waals surface area contributed by atoms with Gasteiger partial charge in [-0.15, -0.1) is 10.2 Å². The molecule has 0 bridgehead atoms. The Labute approximate surface area is 195 Å². The van der Waals surface area contributed by atoms with Gasteiger partial charge in [-0.25, -0.2) is 4.79 Å². The van der Waals surface area contributed by atoms with Gasteiger partial charge in [-0.3, -0.25) is 0 Å². The van der Waals surface area contributed by atoms with Gasteiger partial charge in [0.1, 0.15) is 0 Å². The molecule has 2 N–H and O–H groups in total. The number of amides is 2. The highest BCUT2D eigenvalue weighted by atomic mass is 16.2. The summed E-state index contributed by atoms with van der Waals surface area (Å²) in [6.07, 6.45) is 0. The molecule has 0 aliphatic carbocycles. The van der Waals surface area contributed by atoms with Crippen molar-refractivity contribution in [1.82, 2.24) is 15.1 Å². The molecule has 3 aromatic rings. The van der Waals surface area contributed by atoms with Gasteiger partial charge in [0.25, 0.3) is 0 Å². The summed E-state index contributed by atoms with van der Waals surface area (Å²) in [6.45, 7) is 10.5. The van der Waals surface area contributed by atoms with E-state index in [1.807, 2.05) is 60.7 Å². The van der Waals surface area contributed by atoms with Crippen LogP contribution in [0.2, 0.25) is 0 Å². The number of nitrogens with one attached hydrogen (secondary N) is 2. The first-order chi connectivity index (χ1) is 15.8. The molecule has 0 spiro atoms. The van der Waals surface area contributed by atoms with Crippen LogP contribution in [0.4, 0.5) is 22.0 Å². The zero-order valence-corrected chi connectivity index (χ0v) is 19.8. The third-order valence-electron chi connectivity index (χ3n) is 5.93. The van der Waals surface area contributed by atoms with Crippen molar-refractivity contribution in [3.05, 3.63) is 66.2 Å². The fraction of sp³-hybridized carbons (Fsp3) is 0.346. The minimum Gasteiger partial charge on any atom is -0.353 e. The van der Waals surface area contributed by atoms with Crippen molar-refractivity contribution in [2.45, 2.75) is 26.2 Å². The van der Waals surface area contributed by atoms with Crippen LogP contribution in [0.3, 0.4) is 0 Å². The average molecular weight is 445 g/mol. The number of carbonyl (C=O) groups excluding carboxylic acids is 1. The fourth-order valence-electron chi connectivity index (χ4n) is 3.75. The van der Waals surface area contributed by atoms with Crippen LogP contribution in [0, 0.1) is 0 Å². The Bertz CT molecular complexity index is 1060. The zero-order chi connectivity index (χ0) is 23.4. The Balaban J connectivity index is 1.34. The van der Waals surface area contributed by atoms with Gasteiger partial charge in [0.2, 0.25) is 0 Å². The SMILES string of the molecule is CN1CCN(c2ccc(-c3ccc(NC(=O)Nc4ccc(C(C)(C)C)cc4)cc3)nn2)CC1. The topological polar surface area (TPSA) is 73.4 Å². The first-order valence-corrected chi connectivity index (χ1v) is 11.3. The average Bonchev–Trinajstić information content (AvgIpc) is 2.80. The quantitative estimate of drug-likeness (QED) is 0.603. The normalized spacial score (nSPS) is 14.7. The van der Waals surface area contributed by atoms with Crippen LogP contribution in [0.15, 0.2) is 60.7 Å². The van der Waals surface area contributed by atoms with Crippen molar-refractivity contribution in [2.75, 3.05) is 48.8 Å². The van der Waals surface area contributed by atoms with Gasteiger partial charge in [0.15, 0.2) is 5.82 Å². The van der Waals surface area contributed by atoms with Gasteiger partial charge < -0.3 is 20.4 Å². The van der Waals surface area contributed by atoms with E-state index in [1.165, 1.54) is 5.56 Å². The maximum Gasteiger partial charge on any atom is 0.323 e. The Morgan fingerprint density at radius 2 is 1.36 bits per heavy atom. The molecule has 1 fully saturated rings. The standard InChI is InChI=1S/C26H32N6O/c1-26(2,3)20-7-11-22(12-8-20)28-25(33)27-21-9-5-19(6-10-21)23-13-14-24(30-29-23)32-17-15-31(4)16-18-32/h5-14H,15-18H2,1-4H3,(H2,27,28,33). The lowest BCUT2D eigenvalue weighted by Crippen LogP contribution is -2.44. The van der Waals surface area contributed by atoms with Crippen molar-refractivity contribution in [2.24, 2.45) is 0 Å². The summed E-state index contributed by atoms with van der Waals surface area (Å²) in [5.41, 5.74) is 4.54. The number of rotatable bonds is 4. The summed E-state index contributed by atoms with van der Waals surface area (Å²) < 4.78 is 0. The number of anilines is 3. The van der Waals surface area contributed by atoms with Crippen molar-refractivity contribution < 1.29 is 4.79 Å². The number of urea groups is 1. The first kappa shape index (κ1) is 22.7. The second-order valence-corrected chi connectivity index (χ2v) is 9.55. The first-order valence-electron chi connectivity index (χ1n) is 11.3. The van der Waals surface area contributed by atoms with E-state index in [4.69, 9.17) is 0 Å². The van der Waals surface area contributed by atoms with Crippen LogP contribution >= 0.6 is 0 Å². The van der Waals surface area contributed by atoms with Crippen LogP contribution in [0.25, 0.3) is 11.3 Å². The smallest absolute Gasteiger partial charge is 0.323 e. The van der Waals surface area contributed by atoms with Crippen LogP contribution in [-0.2, 0) is 5.41 Å². The van der Waals surface area contributed by atoms with Gasteiger partial charge in [0.05, 0.1) is 5.69 Å². The molecule has 172 valence electrons. The number of benzene rings is 2. The molecular formula is C26H32N6O. The van der Waals surface area contributed by atoms with Crippen molar-refractivity contribution in [3.8, 4) is 11.3 Å². The molecule has 1 aliphatic heterocycles. The molecule has 33 heavy (non-hydrogen) atoms. The van der Waals surface area contributed by atoms with E-state index in [9.17, 15) is 4.79 Å². The number of aromatic nitrogens is 2. The predicted octanol–water partition coefficient (Wildman–Crippen LogP) is 4.84. The molecule has 1 saturated heterocycles. The third-order valence-corrected chi connectivity index (χ3v) is 5.93. The summed E-state index contributed by atoms with van der Waals surface area (Å²) in [6, 6.07) is 19.3. The Morgan fingerprint density at radius 3 is 1.88 bits per heavy atom. The largest absolute Gasteiger partial charge is 0.353 e. The summed E-state index contributed by atoms with van der Waals surface area (Å²) in [5, 5.41) is 14.6. The summed E-state index contributed by atoms with van der Waals surface area (Å²) in [5.74, 6) is 0.914. The Morgan fingerprint density at radius 1 is 0.788 bits per heavy atom. The maximum atomic E-state index is 12.4. The number of piperazine rings is 1. The molecule has 0 unspecified atom stereocenters. The Kier molecular flexibility index (Phi) is 6.60. The second kappa shape index (κ2) is 9.58. The molecule has 0 saturated carbocycles. The van der Waals surface area contributed by atoms with Crippen LogP contribution in [0.1, 0.15) is 26.3 Å². The molecular weight excluding hydrogens is 412 g/mol. The maximum absolute atomic E-state index is 12.4. The van der Waals surface area contributed by atoms with E-state index >= 15 is 0 Å². The van der Waals surface area contributed by atoms with Gasteiger partial charge >= 0.3 is 6.03 Å². The van der Waals surface area contributed by atoms with E-state index < -0.39 is 0 Å². The van der Waals surface area contributed by atoms with Gasteiger partial charge in [-0.2, -0.15) is 0 Å². The van der Waals surface area contributed by atoms with E-state index in [-0.39, 0.29) is 11.4 Å². The van der Waals surface area contributed by atoms with E-state index in [1.54, 1.807) is 0 Å². The van der Waals surface area contributed by atoms with E-state index in [2.05, 4.69) is 58.4 Å². The third kappa shape index (κ3) is 5.87. The molecule has 0 radical (unpaired) electrons. The number of nitrogens with zero attached hydrogens (tertiary/aromatic N) is 4. The number of likely N-dealkylation sites (N-methyl/N-ethyl adjacent to an activating group) is 1. The number of carbonyl (C=O) groups is 1. The summed E-state index contributed by atoms with van der Waals surface area (Å²) in [4.78, 5) is 17.0. The molecule has 1 aliphatic rings. The van der Waals surface area contributed by atoms with Crippen LogP contribution in [0.5, 0.6) is 0 Å². The molecule has 2 heterocycles. The lowest BCUT2D eigenvalue weighted by atomic mass is 9.87. The van der Waals surface area contributed by atoms with Gasteiger partial charge in [-0.1, -0.05) is 45.0 Å². The molecule has 7 heteroatoms. The van der Waals surface area contributed by atoms with E-state index in [0.29, 0.717) is 5.69 Å². The van der Waals surface area contributed by atoms with Crippen LogP contribution < -0.4 is 15.5 Å². The number of hydrogen-bond acceptors (Lipinski definition) is 5. The summed E-state index contributed by atoms with van der Waals surface area (Å²) in [7, 11) is 2.14. The van der Waals surface area contributed by atoms with Crippen LogP contribution in [-0.4, -0.2) is 54.4 Å². The highest BCUT2D eigenvalue weighted by Crippen LogP contribution is 2.24. The zero-order valence-electron chi connectivity index (χ0n) is 19.8.